The van der Waals surface area contributed by atoms with Crippen molar-refractivity contribution >= 4 is 17.9 Å². The molecule has 0 aromatic heterocycles. The summed E-state index contributed by atoms with van der Waals surface area (Å²) in [6.07, 6.45) is -1.44. The topological polar surface area (TPSA) is 246 Å². The lowest BCUT2D eigenvalue weighted by Gasteiger charge is -2.47. The summed E-state index contributed by atoms with van der Waals surface area (Å²) in [5, 5.41) is 65.8. The van der Waals surface area contributed by atoms with Gasteiger partial charge in [0.2, 0.25) is 0 Å². The summed E-state index contributed by atoms with van der Waals surface area (Å²) in [6, 6.07) is 2.37. The Morgan fingerprint density at radius 2 is 1.59 bits per heavy atom. The fraction of sp³-hybridized carbons (Fsp3) is 0.635. The minimum Gasteiger partial charge on any atom is -0.508 e. The Labute approximate surface area is 406 Å². The van der Waals surface area contributed by atoms with E-state index in [4.69, 9.17) is 37.9 Å². The van der Waals surface area contributed by atoms with Gasteiger partial charge in [-0.3, -0.25) is 4.79 Å². The van der Waals surface area contributed by atoms with Crippen LogP contribution < -0.4 is 0 Å². The number of phenolic OH excluding ortho intramolecular Hbond substituents is 2. The summed E-state index contributed by atoms with van der Waals surface area (Å²) in [5.74, 6) is -3.66. The molecule has 4 rings (SSSR count). The standard InChI is InChI=1S/C52H76O17/c1-13-32-24-35(53)25-38(55)39(32)49(61)66-44-31(9)64-51(45(62-12)42(44)58)63-26-34-18-16-17-19-37(54)29(7)23-33(14-2)43(30(8)22-28(6)20-21-36(15-3)65-48(34)60)67-50-41(57)40(56)46(52(10,11)69-50)68-47(59)27(4)5/h16-18,20,22-25,27,31,33,36-37,40-46,50-51,53-58H,13-15,19,21,26H2,1-12H3/b17-16+,28-20+,29-23+,30-22+,34-18+. The quantitative estimate of drug-likeness (QED) is 0.0759. The number of phenols is 2. The molecule has 0 spiro atoms. The van der Waals surface area contributed by atoms with Gasteiger partial charge in [0.15, 0.2) is 24.8 Å². The van der Waals surface area contributed by atoms with E-state index in [2.05, 4.69) is 0 Å². The first-order valence-corrected chi connectivity index (χ1v) is 23.9. The van der Waals surface area contributed by atoms with E-state index in [1.807, 2.05) is 45.9 Å². The maximum atomic E-state index is 13.9. The predicted molar refractivity (Wildman–Crippen MR) is 254 cm³/mol. The molecule has 1 aromatic carbocycles. The Balaban J connectivity index is 1.57. The van der Waals surface area contributed by atoms with Crippen molar-refractivity contribution in [1.82, 2.24) is 0 Å². The number of esters is 3. The first kappa shape index (κ1) is 57.2. The zero-order valence-electron chi connectivity index (χ0n) is 42.1. The number of ether oxygens (including phenoxy) is 8. The number of aliphatic hydroxyl groups excluding tert-OH is 4. The zero-order valence-corrected chi connectivity index (χ0v) is 42.1. The minimum atomic E-state index is -1.57. The zero-order chi connectivity index (χ0) is 51.5. The third kappa shape index (κ3) is 14.8. The number of allylic oxidation sites excluding steroid dienone is 4. The van der Waals surface area contributed by atoms with Crippen molar-refractivity contribution in [1.29, 1.82) is 0 Å². The highest BCUT2D eigenvalue weighted by Crippen LogP contribution is 2.37. The Kier molecular flexibility index (Phi) is 21.2. The summed E-state index contributed by atoms with van der Waals surface area (Å²) < 4.78 is 47.8. The van der Waals surface area contributed by atoms with Crippen LogP contribution in [-0.4, -0.2) is 141 Å². The second kappa shape index (κ2) is 25.6. The first-order chi connectivity index (χ1) is 32.5. The molecule has 0 aliphatic carbocycles. The highest BCUT2D eigenvalue weighted by Gasteiger charge is 2.53. The Morgan fingerprint density at radius 1 is 0.899 bits per heavy atom. The van der Waals surface area contributed by atoms with Crippen LogP contribution in [0.25, 0.3) is 0 Å². The number of carbonyl (C=O) groups excluding carboxylic acids is 3. The van der Waals surface area contributed by atoms with Crippen LogP contribution in [0, 0.1) is 11.8 Å². The number of methoxy groups -OCH3 is 1. The molecule has 69 heavy (non-hydrogen) atoms. The molecule has 386 valence electrons. The van der Waals surface area contributed by atoms with Gasteiger partial charge in [-0.1, -0.05) is 70.6 Å². The smallest absolute Gasteiger partial charge is 0.342 e. The second-order valence-corrected chi connectivity index (χ2v) is 18.9. The Bertz CT molecular complexity index is 2070. The number of hydrogen-bond donors (Lipinski definition) is 6. The second-order valence-electron chi connectivity index (χ2n) is 18.9. The molecule has 3 aliphatic heterocycles. The van der Waals surface area contributed by atoms with E-state index >= 15 is 0 Å². The number of hydrogen-bond acceptors (Lipinski definition) is 17. The van der Waals surface area contributed by atoms with E-state index in [9.17, 15) is 45.0 Å². The van der Waals surface area contributed by atoms with E-state index in [1.165, 1.54) is 19.3 Å². The predicted octanol–water partition coefficient (Wildman–Crippen LogP) is 5.96. The number of aliphatic hydroxyl groups is 4. The van der Waals surface area contributed by atoms with Gasteiger partial charge in [0.25, 0.3) is 0 Å². The normalized spacial score (nSPS) is 35.3. The van der Waals surface area contributed by atoms with Crippen LogP contribution in [0.15, 0.2) is 70.9 Å². The number of aryl methyl sites for hydroxylation is 1. The monoisotopic (exact) mass is 973 g/mol. The molecule has 3 heterocycles. The SMILES string of the molecule is CCc1cc(O)cc(O)c1C(=O)OC1C(C)OC(OC/C2=C\C=C\CC(O)/C(C)=C/C(CC)C(OC3OC(C)(C)C(OC(=O)C(C)C)C(O)C3O)/C(C)=C/C(C)=C/CC(CC)OC2=O)C(OC)C1O. The Hall–Kier alpha value is -4.43. The molecule has 2 fully saturated rings. The molecular formula is C52H76O17. The molecule has 3 aliphatic rings. The molecule has 0 radical (unpaired) electrons. The number of cyclic esters (lactones) is 1. The van der Waals surface area contributed by atoms with Crippen molar-refractivity contribution in [2.45, 2.75) is 187 Å². The van der Waals surface area contributed by atoms with Crippen LogP contribution in [0.2, 0.25) is 0 Å². The van der Waals surface area contributed by atoms with Gasteiger partial charge in [-0.05, 0) is 96.1 Å². The van der Waals surface area contributed by atoms with Crippen molar-refractivity contribution in [3.05, 3.63) is 82.0 Å². The van der Waals surface area contributed by atoms with E-state index < -0.39 is 109 Å². The van der Waals surface area contributed by atoms with E-state index in [0.717, 1.165) is 17.2 Å². The molecular weight excluding hydrogens is 897 g/mol. The number of carbonyl (C=O) groups is 3. The van der Waals surface area contributed by atoms with Crippen molar-refractivity contribution in [3.8, 4) is 11.5 Å². The van der Waals surface area contributed by atoms with Gasteiger partial charge in [0.1, 0.15) is 53.2 Å². The molecule has 0 bridgehead atoms. The van der Waals surface area contributed by atoms with Crippen LogP contribution >= 0.6 is 0 Å². The molecule has 13 unspecified atom stereocenters. The largest absolute Gasteiger partial charge is 0.508 e. The summed E-state index contributed by atoms with van der Waals surface area (Å²) in [7, 11) is 1.32. The molecule has 6 N–H and O–H groups in total. The molecule has 0 saturated carbocycles. The summed E-state index contributed by atoms with van der Waals surface area (Å²) in [5.41, 5.74) is 1.26. The third-order valence-corrected chi connectivity index (χ3v) is 12.7. The van der Waals surface area contributed by atoms with Gasteiger partial charge >= 0.3 is 17.9 Å². The fourth-order valence-electron chi connectivity index (χ4n) is 8.50. The highest BCUT2D eigenvalue weighted by atomic mass is 16.7. The van der Waals surface area contributed by atoms with Crippen LogP contribution in [0.5, 0.6) is 11.5 Å². The van der Waals surface area contributed by atoms with Gasteiger partial charge in [0.05, 0.1) is 36.4 Å². The van der Waals surface area contributed by atoms with Gasteiger partial charge < -0.3 is 68.5 Å². The van der Waals surface area contributed by atoms with E-state index in [0.29, 0.717) is 36.8 Å². The number of benzene rings is 1. The maximum absolute atomic E-state index is 13.9. The average Bonchev–Trinajstić information content (AvgIpc) is 3.28. The molecule has 2 saturated heterocycles. The Morgan fingerprint density at radius 3 is 2.22 bits per heavy atom. The van der Waals surface area contributed by atoms with E-state index in [-0.39, 0.29) is 35.8 Å². The molecule has 13 atom stereocenters. The van der Waals surface area contributed by atoms with Crippen LogP contribution in [0.3, 0.4) is 0 Å². The summed E-state index contributed by atoms with van der Waals surface area (Å²) in [4.78, 5) is 39.7. The van der Waals surface area contributed by atoms with Crippen molar-refractivity contribution in [2.24, 2.45) is 11.8 Å². The lowest BCUT2D eigenvalue weighted by molar-refractivity contribution is -0.333. The van der Waals surface area contributed by atoms with Crippen LogP contribution in [0.4, 0.5) is 0 Å². The minimum absolute atomic E-state index is 0.101. The van der Waals surface area contributed by atoms with E-state index in [1.54, 1.807) is 60.6 Å². The van der Waals surface area contributed by atoms with Crippen molar-refractivity contribution < 1.29 is 82.9 Å². The van der Waals surface area contributed by atoms with Crippen LogP contribution in [0.1, 0.15) is 118 Å². The molecule has 0 amide bonds. The van der Waals surface area contributed by atoms with Gasteiger partial charge in [-0.2, -0.15) is 0 Å². The van der Waals surface area contributed by atoms with Gasteiger partial charge in [-0.15, -0.1) is 0 Å². The summed E-state index contributed by atoms with van der Waals surface area (Å²) >= 11 is 0. The molecule has 1 aromatic rings. The lowest BCUT2D eigenvalue weighted by atomic mass is 9.88. The van der Waals surface area contributed by atoms with Crippen molar-refractivity contribution in [3.63, 3.8) is 0 Å². The molecule has 17 nitrogen and oxygen atoms in total. The average molecular weight is 973 g/mol. The summed E-state index contributed by atoms with van der Waals surface area (Å²) in [6.45, 7) is 19.1. The first-order valence-electron chi connectivity index (χ1n) is 23.9. The number of rotatable bonds is 13. The maximum Gasteiger partial charge on any atom is 0.342 e. The fourth-order valence-corrected chi connectivity index (χ4v) is 8.50. The lowest BCUT2D eigenvalue weighted by Crippen LogP contribution is -2.64. The highest BCUT2D eigenvalue weighted by molar-refractivity contribution is 5.94. The third-order valence-electron chi connectivity index (χ3n) is 12.7. The van der Waals surface area contributed by atoms with Crippen LogP contribution in [-0.2, 0) is 53.9 Å². The molecule has 17 heteroatoms. The van der Waals surface area contributed by atoms with Gasteiger partial charge in [0, 0.05) is 25.5 Å². The number of aromatic hydroxyl groups is 2. The van der Waals surface area contributed by atoms with Gasteiger partial charge in [-0.25, -0.2) is 9.59 Å². The van der Waals surface area contributed by atoms with Crippen molar-refractivity contribution in [2.75, 3.05) is 13.7 Å².